The molecule has 3 heterocycles. The van der Waals surface area contributed by atoms with Crippen LogP contribution in [0.3, 0.4) is 0 Å². The molecule has 5 heteroatoms. The number of rotatable bonds is 1. The first kappa shape index (κ1) is 8.67. The average molecular weight is 204 g/mol. The Morgan fingerprint density at radius 3 is 3.00 bits per heavy atom. The number of aromatic amines is 1. The fourth-order valence-electron chi connectivity index (χ4n) is 1.87. The molecular formula is C10H12N4O. The summed E-state index contributed by atoms with van der Waals surface area (Å²) in [6, 6.07) is 1.96. The molecule has 1 saturated heterocycles. The summed E-state index contributed by atoms with van der Waals surface area (Å²) in [6.07, 6.45) is 3.50. The van der Waals surface area contributed by atoms with Crippen molar-refractivity contribution in [3.8, 4) is 0 Å². The van der Waals surface area contributed by atoms with E-state index in [1.807, 2.05) is 12.3 Å². The van der Waals surface area contributed by atoms with E-state index in [0.29, 0.717) is 0 Å². The van der Waals surface area contributed by atoms with Gasteiger partial charge in [0.25, 0.3) is 0 Å². The molecular weight excluding hydrogens is 192 g/mol. The topological polar surface area (TPSA) is 54.0 Å². The molecule has 15 heavy (non-hydrogen) atoms. The van der Waals surface area contributed by atoms with Gasteiger partial charge in [-0.15, -0.1) is 0 Å². The summed E-state index contributed by atoms with van der Waals surface area (Å²) < 4.78 is 5.32. The second kappa shape index (κ2) is 3.51. The molecule has 2 aromatic heterocycles. The Hall–Kier alpha value is -1.62. The lowest BCUT2D eigenvalue weighted by Crippen LogP contribution is -2.36. The molecule has 1 fully saturated rings. The van der Waals surface area contributed by atoms with Crippen LogP contribution in [0.15, 0.2) is 18.6 Å². The summed E-state index contributed by atoms with van der Waals surface area (Å²) in [4.78, 5) is 13.9. The van der Waals surface area contributed by atoms with Gasteiger partial charge in [0, 0.05) is 19.3 Å². The van der Waals surface area contributed by atoms with Gasteiger partial charge in [0.05, 0.1) is 18.7 Å². The van der Waals surface area contributed by atoms with Gasteiger partial charge in [0.2, 0.25) is 0 Å². The Labute approximate surface area is 87.1 Å². The van der Waals surface area contributed by atoms with Crippen LogP contribution < -0.4 is 4.90 Å². The summed E-state index contributed by atoms with van der Waals surface area (Å²) >= 11 is 0. The molecule has 2 aromatic rings. The molecule has 3 rings (SSSR count). The average Bonchev–Trinajstić information content (AvgIpc) is 2.78. The standard InChI is InChI=1S/C10H12N4O/c1-2-11-9-8(1)12-7-13-10(9)14-3-5-15-6-4-14/h1-2,7,11H,3-6H2. The molecule has 1 N–H and O–H groups in total. The third kappa shape index (κ3) is 1.45. The van der Waals surface area contributed by atoms with Crippen molar-refractivity contribution in [3.63, 3.8) is 0 Å². The predicted molar refractivity (Wildman–Crippen MR) is 56.9 cm³/mol. The predicted octanol–water partition coefficient (Wildman–Crippen LogP) is 0.794. The zero-order valence-corrected chi connectivity index (χ0v) is 8.31. The Morgan fingerprint density at radius 1 is 1.27 bits per heavy atom. The first-order chi connectivity index (χ1) is 7.45. The molecule has 0 atom stereocenters. The van der Waals surface area contributed by atoms with Gasteiger partial charge in [-0.05, 0) is 6.07 Å². The van der Waals surface area contributed by atoms with E-state index in [1.165, 1.54) is 0 Å². The summed E-state index contributed by atoms with van der Waals surface area (Å²) in [5.74, 6) is 0.980. The van der Waals surface area contributed by atoms with E-state index in [1.54, 1.807) is 6.33 Å². The molecule has 0 amide bonds. The van der Waals surface area contributed by atoms with Gasteiger partial charge in [-0.25, -0.2) is 9.97 Å². The zero-order chi connectivity index (χ0) is 10.1. The van der Waals surface area contributed by atoms with Crippen molar-refractivity contribution in [1.82, 2.24) is 15.0 Å². The van der Waals surface area contributed by atoms with Crippen molar-refractivity contribution in [2.75, 3.05) is 31.2 Å². The van der Waals surface area contributed by atoms with Gasteiger partial charge in [0.15, 0.2) is 5.82 Å². The van der Waals surface area contributed by atoms with E-state index in [9.17, 15) is 0 Å². The van der Waals surface area contributed by atoms with E-state index in [0.717, 1.165) is 43.2 Å². The Bertz CT molecular complexity index is 461. The summed E-state index contributed by atoms with van der Waals surface area (Å²) in [6.45, 7) is 3.33. The lowest BCUT2D eigenvalue weighted by Gasteiger charge is -2.27. The molecule has 0 aliphatic carbocycles. The summed E-state index contributed by atoms with van der Waals surface area (Å²) in [5.41, 5.74) is 1.98. The van der Waals surface area contributed by atoms with E-state index < -0.39 is 0 Å². The minimum absolute atomic E-state index is 0.770. The monoisotopic (exact) mass is 204 g/mol. The van der Waals surface area contributed by atoms with Crippen LogP contribution in [0.5, 0.6) is 0 Å². The number of hydrogen-bond acceptors (Lipinski definition) is 4. The van der Waals surface area contributed by atoms with Crippen LogP contribution in [-0.4, -0.2) is 41.3 Å². The minimum atomic E-state index is 0.770. The largest absolute Gasteiger partial charge is 0.378 e. The number of aromatic nitrogens is 3. The zero-order valence-electron chi connectivity index (χ0n) is 8.31. The number of nitrogens with one attached hydrogen (secondary N) is 1. The maximum absolute atomic E-state index is 5.32. The van der Waals surface area contributed by atoms with Gasteiger partial charge in [-0.1, -0.05) is 0 Å². The highest BCUT2D eigenvalue weighted by atomic mass is 16.5. The summed E-state index contributed by atoms with van der Waals surface area (Å²) in [5, 5.41) is 0. The molecule has 1 aliphatic heterocycles. The van der Waals surface area contributed by atoms with Gasteiger partial charge < -0.3 is 14.6 Å². The van der Waals surface area contributed by atoms with E-state index in [4.69, 9.17) is 4.74 Å². The molecule has 0 unspecified atom stereocenters. The second-order valence-corrected chi connectivity index (χ2v) is 3.53. The van der Waals surface area contributed by atoms with Crippen LogP contribution in [0.1, 0.15) is 0 Å². The van der Waals surface area contributed by atoms with E-state index >= 15 is 0 Å². The molecule has 1 aliphatic rings. The number of H-pyrrole nitrogens is 1. The van der Waals surface area contributed by atoms with E-state index in [-0.39, 0.29) is 0 Å². The van der Waals surface area contributed by atoms with Crippen LogP contribution in [0.2, 0.25) is 0 Å². The van der Waals surface area contributed by atoms with Crippen LogP contribution in [0.25, 0.3) is 11.0 Å². The minimum Gasteiger partial charge on any atom is -0.378 e. The molecule has 0 radical (unpaired) electrons. The first-order valence-corrected chi connectivity index (χ1v) is 5.06. The fraction of sp³-hybridized carbons (Fsp3) is 0.400. The highest BCUT2D eigenvalue weighted by Gasteiger charge is 2.15. The van der Waals surface area contributed by atoms with Gasteiger partial charge in [0.1, 0.15) is 11.8 Å². The quantitative estimate of drug-likeness (QED) is 0.746. The highest BCUT2D eigenvalue weighted by Crippen LogP contribution is 2.21. The van der Waals surface area contributed by atoms with Crippen LogP contribution in [-0.2, 0) is 4.74 Å². The van der Waals surface area contributed by atoms with Gasteiger partial charge in [-0.3, -0.25) is 0 Å². The van der Waals surface area contributed by atoms with Crippen LogP contribution in [0, 0.1) is 0 Å². The van der Waals surface area contributed by atoms with Crippen molar-refractivity contribution in [1.29, 1.82) is 0 Å². The molecule has 5 nitrogen and oxygen atoms in total. The molecule has 0 spiro atoms. The second-order valence-electron chi connectivity index (χ2n) is 3.53. The van der Waals surface area contributed by atoms with Crippen molar-refractivity contribution in [2.24, 2.45) is 0 Å². The van der Waals surface area contributed by atoms with E-state index in [2.05, 4.69) is 19.9 Å². The Morgan fingerprint density at radius 2 is 2.13 bits per heavy atom. The molecule has 0 bridgehead atoms. The van der Waals surface area contributed by atoms with Gasteiger partial charge in [-0.2, -0.15) is 0 Å². The van der Waals surface area contributed by atoms with Gasteiger partial charge >= 0.3 is 0 Å². The lowest BCUT2D eigenvalue weighted by molar-refractivity contribution is 0.122. The number of morpholine rings is 1. The maximum Gasteiger partial charge on any atom is 0.156 e. The van der Waals surface area contributed by atoms with Crippen molar-refractivity contribution in [3.05, 3.63) is 18.6 Å². The smallest absolute Gasteiger partial charge is 0.156 e. The fourth-order valence-corrected chi connectivity index (χ4v) is 1.87. The van der Waals surface area contributed by atoms with Crippen LogP contribution >= 0.6 is 0 Å². The maximum atomic E-state index is 5.32. The highest BCUT2D eigenvalue weighted by molar-refractivity contribution is 5.85. The SMILES string of the molecule is c1nc(N2CCOCC2)c2[nH]ccc2n1. The van der Waals surface area contributed by atoms with Crippen molar-refractivity contribution < 1.29 is 4.74 Å². The number of fused-ring (bicyclic) bond motifs is 1. The summed E-state index contributed by atoms with van der Waals surface area (Å²) in [7, 11) is 0. The number of hydrogen-bond donors (Lipinski definition) is 1. The Kier molecular flexibility index (Phi) is 2.03. The van der Waals surface area contributed by atoms with Crippen molar-refractivity contribution in [2.45, 2.75) is 0 Å². The molecule has 0 saturated carbocycles. The third-order valence-electron chi connectivity index (χ3n) is 2.64. The number of nitrogens with zero attached hydrogens (tertiary/aromatic N) is 3. The van der Waals surface area contributed by atoms with Crippen LogP contribution in [0.4, 0.5) is 5.82 Å². The molecule has 0 aromatic carbocycles. The lowest BCUT2D eigenvalue weighted by atomic mass is 10.3. The Balaban J connectivity index is 2.05. The number of anilines is 1. The van der Waals surface area contributed by atoms with Crippen molar-refractivity contribution >= 4 is 16.9 Å². The normalized spacial score (nSPS) is 17.2. The molecule has 78 valence electrons. The number of ether oxygens (including phenoxy) is 1. The third-order valence-corrected chi connectivity index (χ3v) is 2.64. The first-order valence-electron chi connectivity index (χ1n) is 5.06.